The van der Waals surface area contributed by atoms with Gasteiger partial charge in [0.15, 0.2) is 0 Å². The maximum absolute atomic E-state index is 9.67. The van der Waals surface area contributed by atoms with Crippen molar-refractivity contribution < 1.29 is 39.6 Å². The number of aliphatic hydroxyl groups is 2. The molecule has 8 N–H and O–H groups in total. The molecule has 0 fully saturated rings. The van der Waals surface area contributed by atoms with Crippen molar-refractivity contribution in [3.05, 3.63) is 0 Å². The Labute approximate surface area is 203 Å². The van der Waals surface area contributed by atoms with Crippen LogP contribution in [-0.4, -0.2) is 76.9 Å². The third-order valence-corrected chi connectivity index (χ3v) is 10.1. The molecule has 33 heavy (non-hydrogen) atoms. The van der Waals surface area contributed by atoms with Crippen LogP contribution >= 0.6 is 14.6 Å². The van der Waals surface area contributed by atoms with Crippen molar-refractivity contribution in [3.8, 4) is 0 Å². The molecular formula is C23H58O8P2. The normalized spacial score (nSPS) is 15.1. The van der Waals surface area contributed by atoms with E-state index < -0.39 is 20.7 Å². The van der Waals surface area contributed by atoms with Gasteiger partial charge in [-0.3, -0.25) is 0 Å². The summed E-state index contributed by atoms with van der Waals surface area (Å²) in [6.45, 7) is 9.60. The average Bonchev–Trinajstić information content (AvgIpc) is 2.68. The van der Waals surface area contributed by atoms with E-state index in [4.69, 9.17) is 10.2 Å². The van der Waals surface area contributed by atoms with E-state index >= 15 is 0 Å². The quantitative estimate of drug-likeness (QED) is 0.101. The van der Waals surface area contributed by atoms with Crippen LogP contribution in [0.25, 0.3) is 0 Å². The zero-order chi connectivity index (χ0) is 26.5. The summed E-state index contributed by atoms with van der Waals surface area (Å²) in [6, 6.07) is 0. The zero-order valence-corrected chi connectivity index (χ0v) is 23.9. The van der Waals surface area contributed by atoms with E-state index in [9.17, 15) is 29.4 Å². The first-order valence-electron chi connectivity index (χ1n) is 12.9. The van der Waals surface area contributed by atoms with Crippen LogP contribution in [0.3, 0.4) is 0 Å². The van der Waals surface area contributed by atoms with Gasteiger partial charge in [0, 0.05) is 0 Å². The third kappa shape index (κ3) is 32.5. The van der Waals surface area contributed by atoms with Crippen LogP contribution in [0.5, 0.6) is 0 Å². The summed E-state index contributed by atoms with van der Waals surface area (Å²) in [5.74, 6) is 0. The summed E-state index contributed by atoms with van der Waals surface area (Å²) in [5, 5.41) is 16.0. The van der Waals surface area contributed by atoms with E-state index in [2.05, 4.69) is 27.7 Å². The Hall–Kier alpha value is 0.540. The summed E-state index contributed by atoms with van der Waals surface area (Å²) < 4.78 is 0. The standard InChI is InChI=1S/2C10H25O3P.C3H8O2/c2*1-3-5-7-9-14(11,12,13)10-8-6-4-2;1-3(5)2-4/h2*11-13H,3-10H2,1-2H3;3-5H,2H2,1H3. The molecule has 0 aliphatic rings. The number of unbranched alkanes of at least 4 members (excludes halogenated alkanes) is 8. The Morgan fingerprint density at radius 2 is 0.667 bits per heavy atom. The van der Waals surface area contributed by atoms with Crippen molar-refractivity contribution in [1.82, 2.24) is 0 Å². The molecule has 0 saturated heterocycles. The predicted molar refractivity (Wildman–Crippen MR) is 143 cm³/mol. The first kappa shape index (κ1) is 38.1. The molecule has 0 rings (SSSR count). The monoisotopic (exact) mass is 524 g/mol. The summed E-state index contributed by atoms with van der Waals surface area (Å²) in [7, 11) is -8.48. The van der Waals surface area contributed by atoms with E-state index in [1.807, 2.05) is 0 Å². The Bertz CT molecular complexity index is 368. The first-order valence-corrected chi connectivity index (χ1v) is 17.8. The molecule has 1 unspecified atom stereocenters. The van der Waals surface area contributed by atoms with E-state index in [-0.39, 0.29) is 31.3 Å². The van der Waals surface area contributed by atoms with Crippen molar-refractivity contribution in [2.75, 3.05) is 31.3 Å². The van der Waals surface area contributed by atoms with E-state index in [0.717, 1.165) is 51.4 Å². The van der Waals surface area contributed by atoms with Gasteiger partial charge >= 0.3 is 173 Å². The van der Waals surface area contributed by atoms with Gasteiger partial charge in [0.05, 0.1) is 12.7 Å². The molecule has 0 radical (unpaired) electrons. The Morgan fingerprint density at radius 3 is 0.788 bits per heavy atom. The number of hydrogen-bond acceptors (Lipinski definition) is 8. The topological polar surface area (TPSA) is 162 Å². The van der Waals surface area contributed by atoms with Crippen LogP contribution < -0.4 is 0 Å². The Balaban J connectivity index is -0.000000453. The molecule has 0 aromatic carbocycles. The summed E-state index contributed by atoms with van der Waals surface area (Å²) in [5.41, 5.74) is 0. The zero-order valence-electron chi connectivity index (χ0n) is 22.1. The van der Waals surface area contributed by atoms with Crippen LogP contribution in [0.1, 0.15) is 112 Å². The van der Waals surface area contributed by atoms with Crippen molar-refractivity contribution >= 4 is 14.6 Å². The van der Waals surface area contributed by atoms with Gasteiger partial charge in [-0.25, -0.2) is 0 Å². The Morgan fingerprint density at radius 1 is 0.485 bits per heavy atom. The fraction of sp³-hybridized carbons (Fsp3) is 1.00. The second kappa shape index (κ2) is 19.7. The fourth-order valence-electron chi connectivity index (χ4n) is 2.97. The molecule has 0 spiro atoms. The molecule has 0 aromatic rings. The molecule has 0 heterocycles. The molecule has 0 aliphatic carbocycles. The van der Waals surface area contributed by atoms with E-state index in [1.165, 1.54) is 6.92 Å². The third-order valence-electron chi connectivity index (χ3n) is 5.14. The fourth-order valence-corrected chi connectivity index (χ4v) is 6.90. The van der Waals surface area contributed by atoms with Gasteiger partial charge in [-0.1, -0.05) is 0 Å². The molecule has 0 saturated carbocycles. The molecule has 8 nitrogen and oxygen atoms in total. The summed E-state index contributed by atoms with van der Waals surface area (Å²) in [4.78, 5) is 58.0. The molecule has 0 amide bonds. The van der Waals surface area contributed by atoms with Crippen molar-refractivity contribution in [2.24, 2.45) is 0 Å². The maximum atomic E-state index is 9.67. The first-order chi connectivity index (χ1) is 15.0. The number of aliphatic hydroxyl groups excluding tert-OH is 2. The van der Waals surface area contributed by atoms with Crippen molar-refractivity contribution in [3.63, 3.8) is 0 Å². The van der Waals surface area contributed by atoms with E-state index in [0.29, 0.717) is 25.7 Å². The van der Waals surface area contributed by atoms with E-state index in [1.54, 1.807) is 0 Å². The minimum atomic E-state index is -4.24. The molecule has 0 aliphatic heterocycles. The molecule has 10 heteroatoms. The van der Waals surface area contributed by atoms with Crippen LogP contribution in [-0.2, 0) is 0 Å². The van der Waals surface area contributed by atoms with Crippen molar-refractivity contribution in [1.29, 1.82) is 0 Å². The molecular weight excluding hydrogens is 466 g/mol. The average molecular weight is 525 g/mol. The Kier molecular flexibility index (Phi) is 22.7. The SMILES string of the molecule is CC(O)CO.CCCCCP(O)(O)(O)CCCCC.CCCCCP(O)(O)(O)CCCCC. The molecule has 208 valence electrons. The summed E-state index contributed by atoms with van der Waals surface area (Å²) in [6.07, 6.45) is 10.9. The second-order valence-corrected chi connectivity index (χ2v) is 16.6. The number of hydrogen-bond donors (Lipinski definition) is 8. The molecule has 0 bridgehead atoms. The van der Waals surface area contributed by atoms with Gasteiger partial charge in [0.25, 0.3) is 0 Å². The van der Waals surface area contributed by atoms with Gasteiger partial charge in [-0.05, 0) is 6.92 Å². The minimum absolute atomic E-state index is 0.139. The van der Waals surface area contributed by atoms with Crippen molar-refractivity contribution in [2.45, 2.75) is 118 Å². The van der Waals surface area contributed by atoms with Crippen LogP contribution in [0.4, 0.5) is 0 Å². The predicted octanol–water partition coefficient (Wildman–Crippen LogP) is 4.64. The summed E-state index contributed by atoms with van der Waals surface area (Å²) >= 11 is 0. The van der Waals surface area contributed by atoms with Gasteiger partial charge in [0.2, 0.25) is 0 Å². The second-order valence-electron chi connectivity index (χ2n) is 9.44. The molecule has 1 atom stereocenters. The van der Waals surface area contributed by atoms with Crippen LogP contribution in [0.2, 0.25) is 0 Å². The van der Waals surface area contributed by atoms with Gasteiger partial charge in [-0.2, -0.15) is 0 Å². The van der Waals surface area contributed by atoms with Crippen LogP contribution in [0.15, 0.2) is 0 Å². The van der Waals surface area contributed by atoms with Gasteiger partial charge in [-0.15, -0.1) is 0 Å². The number of rotatable bonds is 17. The van der Waals surface area contributed by atoms with Crippen LogP contribution in [0, 0.1) is 0 Å². The van der Waals surface area contributed by atoms with Gasteiger partial charge < -0.3 is 10.2 Å². The molecule has 0 aromatic heterocycles. The van der Waals surface area contributed by atoms with Gasteiger partial charge in [0.1, 0.15) is 0 Å².